The highest BCUT2D eigenvalue weighted by molar-refractivity contribution is 7.11. The molecule has 0 saturated heterocycles. The second kappa shape index (κ2) is 13.7. The standard InChI is InChI=1S/C30H31ClFN5O4S/c1-30(2,3)10-9-19(38)12-18-16-42-29(35-18)41-20-7-8-23(22(32)13-20)37-28-21-14-25(36-27(39)6-5-11-31)26(40-4)15-24(21)33-17-34-28/h5-8,13-17H,9-12H2,1-4H3,(H,36,39)(H,33,34,37)/b6-5+. The number of nitrogens with one attached hydrogen (secondary N) is 2. The summed E-state index contributed by atoms with van der Waals surface area (Å²) >= 11 is 6.86. The van der Waals surface area contributed by atoms with Crippen molar-refractivity contribution in [2.75, 3.05) is 23.6 Å². The van der Waals surface area contributed by atoms with Crippen LogP contribution in [-0.2, 0) is 16.0 Å². The molecule has 0 radical (unpaired) electrons. The second-order valence-corrected chi connectivity index (χ2v) is 11.7. The summed E-state index contributed by atoms with van der Waals surface area (Å²) in [6.07, 6.45) is 5.71. The fourth-order valence-corrected chi connectivity index (χ4v) is 4.66. The molecule has 4 rings (SSSR count). The predicted molar refractivity (Wildman–Crippen MR) is 164 cm³/mol. The number of hydrogen-bond acceptors (Lipinski definition) is 9. The molecule has 0 unspecified atom stereocenters. The van der Waals surface area contributed by atoms with Gasteiger partial charge in [0.25, 0.3) is 5.19 Å². The Morgan fingerprint density at radius 2 is 1.95 bits per heavy atom. The number of benzene rings is 2. The van der Waals surface area contributed by atoms with Crippen molar-refractivity contribution in [3.8, 4) is 16.7 Å². The van der Waals surface area contributed by atoms with Gasteiger partial charge in [-0.3, -0.25) is 9.59 Å². The van der Waals surface area contributed by atoms with Gasteiger partial charge in [-0.1, -0.05) is 38.2 Å². The number of hydrogen-bond donors (Lipinski definition) is 2. The molecule has 4 aromatic rings. The van der Waals surface area contributed by atoms with E-state index in [1.54, 1.807) is 23.6 Å². The van der Waals surface area contributed by atoms with E-state index >= 15 is 4.39 Å². The van der Waals surface area contributed by atoms with E-state index in [2.05, 4.69) is 46.4 Å². The van der Waals surface area contributed by atoms with Gasteiger partial charge in [0.1, 0.15) is 35.2 Å². The summed E-state index contributed by atoms with van der Waals surface area (Å²) < 4.78 is 26.3. The van der Waals surface area contributed by atoms with E-state index in [4.69, 9.17) is 21.1 Å². The lowest BCUT2D eigenvalue weighted by Crippen LogP contribution is -2.10. The van der Waals surface area contributed by atoms with Crippen LogP contribution >= 0.6 is 22.9 Å². The monoisotopic (exact) mass is 611 g/mol. The van der Waals surface area contributed by atoms with E-state index in [9.17, 15) is 9.59 Å². The Bertz CT molecular complexity index is 1620. The van der Waals surface area contributed by atoms with Crippen LogP contribution in [0.3, 0.4) is 0 Å². The third kappa shape index (κ3) is 8.46. The number of anilines is 3. The Morgan fingerprint density at radius 1 is 1.14 bits per heavy atom. The third-order valence-electron chi connectivity index (χ3n) is 6.03. The van der Waals surface area contributed by atoms with Crippen LogP contribution in [0.5, 0.6) is 16.7 Å². The van der Waals surface area contributed by atoms with E-state index in [-0.39, 0.29) is 40.8 Å². The number of alkyl halides is 1. The Labute approximate surface area is 252 Å². The zero-order valence-corrected chi connectivity index (χ0v) is 25.2. The van der Waals surface area contributed by atoms with Gasteiger partial charge in [-0.05, 0) is 30.0 Å². The number of carbonyl (C=O) groups excluding carboxylic acids is 2. The number of halogens is 2. The first-order valence-corrected chi connectivity index (χ1v) is 14.5. The number of nitrogens with zero attached hydrogens (tertiary/aromatic N) is 3. The number of fused-ring (bicyclic) bond motifs is 1. The van der Waals surface area contributed by atoms with E-state index in [0.29, 0.717) is 45.5 Å². The molecule has 0 bridgehead atoms. The average Bonchev–Trinajstić information content (AvgIpc) is 3.38. The molecular formula is C30H31ClFN5O4S. The van der Waals surface area contributed by atoms with Crippen LogP contribution in [0.2, 0.25) is 0 Å². The minimum atomic E-state index is -0.582. The molecule has 2 aromatic carbocycles. The van der Waals surface area contributed by atoms with Crippen molar-refractivity contribution in [2.24, 2.45) is 5.41 Å². The molecule has 0 fully saturated rings. The van der Waals surface area contributed by atoms with Crippen molar-refractivity contribution in [3.05, 3.63) is 65.7 Å². The molecule has 42 heavy (non-hydrogen) atoms. The zero-order chi connectivity index (χ0) is 30.3. The van der Waals surface area contributed by atoms with Crippen LogP contribution in [0.25, 0.3) is 10.9 Å². The highest BCUT2D eigenvalue weighted by Crippen LogP contribution is 2.34. The number of allylic oxidation sites excluding steroid dienone is 1. The topological polar surface area (TPSA) is 115 Å². The van der Waals surface area contributed by atoms with E-state index in [1.807, 2.05) is 0 Å². The maximum atomic E-state index is 15.1. The molecule has 9 nitrogen and oxygen atoms in total. The summed E-state index contributed by atoms with van der Waals surface area (Å²) in [7, 11) is 1.48. The Hall–Kier alpha value is -4.09. The van der Waals surface area contributed by atoms with Gasteiger partial charge in [-0.15, -0.1) is 11.6 Å². The van der Waals surface area contributed by atoms with Gasteiger partial charge < -0.3 is 20.1 Å². The lowest BCUT2D eigenvalue weighted by atomic mass is 9.89. The Kier molecular flexibility index (Phi) is 10.1. The molecule has 0 atom stereocenters. The zero-order valence-electron chi connectivity index (χ0n) is 23.7. The minimum Gasteiger partial charge on any atom is -0.494 e. The van der Waals surface area contributed by atoms with E-state index < -0.39 is 5.82 Å². The number of ether oxygens (including phenoxy) is 2. The summed E-state index contributed by atoms with van der Waals surface area (Å²) in [6.45, 7) is 6.30. The molecule has 220 valence electrons. The second-order valence-electron chi connectivity index (χ2n) is 10.6. The number of carbonyl (C=O) groups is 2. The fraction of sp³-hybridized carbons (Fsp3) is 0.300. The maximum absolute atomic E-state index is 15.1. The number of methoxy groups -OCH3 is 1. The molecular weight excluding hydrogens is 581 g/mol. The van der Waals surface area contributed by atoms with Gasteiger partial charge in [0.05, 0.1) is 29.7 Å². The molecule has 12 heteroatoms. The Balaban J connectivity index is 1.48. The van der Waals surface area contributed by atoms with Crippen molar-refractivity contribution in [2.45, 2.75) is 40.0 Å². The number of amides is 1. The first-order valence-electron chi connectivity index (χ1n) is 13.1. The largest absolute Gasteiger partial charge is 0.494 e. The lowest BCUT2D eigenvalue weighted by molar-refractivity contribution is -0.119. The predicted octanol–water partition coefficient (Wildman–Crippen LogP) is 7.44. The molecule has 1 amide bonds. The quantitative estimate of drug-likeness (QED) is 0.125. The number of aromatic nitrogens is 3. The number of Topliss-reactive ketones (excluding diaryl/α,β-unsaturated/α-hetero) is 1. The highest BCUT2D eigenvalue weighted by Gasteiger charge is 2.16. The van der Waals surface area contributed by atoms with Crippen LogP contribution in [0.4, 0.5) is 21.6 Å². The van der Waals surface area contributed by atoms with E-state index in [0.717, 1.165) is 6.42 Å². The summed E-state index contributed by atoms with van der Waals surface area (Å²) in [5.41, 5.74) is 1.78. The minimum absolute atomic E-state index is 0.0911. The van der Waals surface area contributed by atoms with E-state index in [1.165, 1.54) is 49.1 Å². The smallest absolute Gasteiger partial charge is 0.278 e. The van der Waals surface area contributed by atoms with Crippen LogP contribution < -0.4 is 20.1 Å². The lowest BCUT2D eigenvalue weighted by Gasteiger charge is -2.16. The fourth-order valence-electron chi connectivity index (χ4n) is 3.89. The number of rotatable bonds is 12. The van der Waals surface area contributed by atoms with Gasteiger partial charge in [0, 0.05) is 47.7 Å². The van der Waals surface area contributed by atoms with Gasteiger partial charge >= 0.3 is 0 Å². The molecule has 0 saturated carbocycles. The average molecular weight is 612 g/mol. The molecule has 0 aliphatic carbocycles. The van der Waals surface area contributed by atoms with Crippen molar-refractivity contribution >= 4 is 62.7 Å². The van der Waals surface area contributed by atoms with Gasteiger partial charge in [-0.2, -0.15) is 0 Å². The third-order valence-corrected chi connectivity index (χ3v) is 6.98. The molecule has 0 aliphatic rings. The van der Waals surface area contributed by atoms with Crippen molar-refractivity contribution in [1.82, 2.24) is 15.0 Å². The van der Waals surface area contributed by atoms with Crippen LogP contribution in [0, 0.1) is 11.2 Å². The molecule has 2 aromatic heterocycles. The summed E-state index contributed by atoms with van der Waals surface area (Å²) in [5, 5.41) is 8.35. The number of thiazole rings is 1. The Morgan fingerprint density at radius 3 is 2.67 bits per heavy atom. The molecule has 2 N–H and O–H groups in total. The van der Waals surface area contributed by atoms with Crippen LogP contribution in [0.1, 0.15) is 39.3 Å². The number of ketones is 1. The highest BCUT2D eigenvalue weighted by atomic mass is 35.5. The molecule has 0 aliphatic heterocycles. The van der Waals surface area contributed by atoms with Crippen LogP contribution in [-0.4, -0.2) is 39.6 Å². The van der Waals surface area contributed by atoms with Crippen molar-refractivity contribution < 1.29 is 23.5 Å². The maximum Gasteiger partial charge on any atom is 0.278 e. The van der Waals surface area contributed by atoms with Gasteiger partial charge in [0.2, 0.25) is 5.91 Å². The van der Waals surface area contributed by atoms with Crippen LogP contribution in [0.15, 0.2) is 54.2 Å². The first-order chi connectivity index (χ1) is 20.0. The summed E-state index contributed by atoms with van der Waals surface area (Å²) in [4.78, 5) is 37.4. The van der Waals surface area contributed by atoms with Crippen molar-refractivity contribution in [1.29, 1.82) is 0 Å². The normalized spacial score (nSPS) is 11.6. The van der Waals surface area contributed by atoms with Crippen molar-refractivity contribution in [3.63, 3.8) is 0 Å². The SMILES string of the molecule is COc1cc2ncnc(Nc3ccc(Oc4nc(CC(=O)CCC(C)(C)C)cs4)cc3F)c2cc1NC(=O)/C=C/CCl. The summed E-state index contributed by atoms with van der Waals surface area (Å²) in [6, 6.07) is 7.65. The molecule has 0 spiro atoms. The van der Waals surface area contributed by atoms with Gasteiger partial charge in [0.15, 0.2) is 0 Å². The summed E-state index contributed by atoms with van der Waals surface area (Å²) in [5.74, 6) is 0.322. The van der Waals surface area contributed by atoms with Gasteiger partial charge in [-0.25, -0.2) is 19.3 Å². The first kappa shape index (κ1) is 30.9. The molecule has 2 heterocycles.